The zero-order chi connectivity index (χ0) is 44.8. The molecule has 3 amide bonds. The third-order valence-corrected chi connectivity index (χ3v) is 13.2. The summed E-state index contributed by atoms with van der Waals surface area (Å²) in [4.78, 5) is 68.0. The van der Waals surface area contributed by atoms with Crippen LogP contribution in [0.2, 0.25) is 5.02 Å². The first-order valence-electron chi connectivity index (χ1n) is 21.9. The fourth-order valence-corrected chi connectivity index (χ4v) is 9.37. The molecule has 8 atom stereocenters. The van der Waals surface area contributed by atoms with Crippen molar-refractivity contribution in [2.45, 2.75) is 103 Å². The van der Waals surface area contributed by atoms with E-state index >= 15 is 0 Å². The first kappa shape index (κ1) is 44.5. The molecule has 5 aliphatic rings. The predicted molar refractivity (Wildman–Crippen MR) is 233 cm³/mol. The Morgan fingerprint density at radius 1 is 1.05 bits per heavy atom. The number of oxazole rings is 1. The molecule has 5 fully saturated rings. The van der Waals surface area contributed by atoms with Crippen molar-refractivity contribution in [3.05, 3.63) is 42.1 Å². The second-order valence-electron chi connectivity index (χ2n) is 18.9. The van der Waals surface area contributed by atoms with Gasteiger partial charge in [-0.25, -0.2) is 14.6 Å². The standard InChI is InChI=1S/C45H58ClN7O10/c1-7-27-21-45(27,41(56)57)51-39(54)33-19-29(22-53(33)40(55)38(44(4,5)6)50-43(58)63-28-17-25-16-26(25)18-28)62-35-20-31(32-23-61-42(49-32)47-24(2)3)48-37-30(35)8-9-34(36(37)46)60-15-12-52-10-13-59-14-11-52/h7-9,20,23-29,33,38H,1,10-19,21-22H2,2-6H3,(H,47,49)(H,50,58)(H,51,54)(H,56,57)/t25-,26+,27-,28?,29?,33+,38-,45?/m1/s1. The summed E-state index contributed by atoms with van der Waals surface area (Å²) in [5.41, 5.74) is -1.20. The monoisotopic (exact) mass is 891 g/mol. The van der Waals surface area contributed by atoms with E-state index in [4.69, 9.17) is 39.9 Å². The van der Waals surface area contributed by atoms with Crippen molar-refractivity contribution in [1.82, 2.24) is 30.4 Å². The summed E-state index contributed by atoms with van der Waals surface area (Å²) in [5, 5.41) is 19.7. The van der Waals surface area contributed by atoms with Crippen LogP contribution < -0.4 is 25.4 Å². The molecule has 63 heavy (non-hydrogen) atoms. The molecule has 4 heterocycles. The van der Waals surface area contributed by atoms with Gasteiger partial charge in [-0.05, 0) is 68.9 Å². The Morgan fingerprint density at radius 2 is 1.79 bits per heavy atom. The van der Waals surface area contributed by atoms with E-state index in [0.717, 1.165) is 32.4 Å². The normalized spacial score (nSPS) is 27.1. The van der Waals surface area contributed by atoms with Crippen LogP contribution in [0.4, 0.5) is 10.8 Å². The zero-order valence-electron chi connectivity index (χ0n) is 36.5. The Morgan fingerprint density at radius 3 is 2.46 bits per heavy atom. The molecule has 0 spiro atoms. The Hall–Kier alpha value is -5.13. The minimum Gasteiger partial charge on any atom is -0.491 e. The number of nitrogens with one attached hydrogen (secondary N) is 3. The van der Waals surface area contributed by atoms with E-state index in [-0.39, 0.29) is 36.6 Å². The molecule has 3 aromatic rings. The van der Waals surface area contributed by atoms with E-state index in [1.54, 1.807) is 18.2 Å². The van der Waals surface area contributed by atoms with Crippen LogP contribution >= 0.6 is 11.6 Å². The molecule has 3 saturated carbocycles. The van der Waals surface area contributed by atoms with Crippen LogP contribution in [0.3, 0.4) is 0 Å². The summed E-state index contributed by atoms with van der Waals surface area (Å²) in [7, 11) is 0. The number of fused-ring (bicyclic) bond motifs is 2. The lowest BCUT2D eigenvalue weighted by Gasteiger charge is -2.35. The van der Waals surface area contributed by atoms with Crippen molar-refractivity contribution in [2.24, 2.45) is 23.2 Å². The highest BCUT2D eigenvalue weighted by Crippen LogP contribution is 2.52. The van der Waals surface area contributed by atoms with Crippen molar-refractivity contribution < 1.29 is 47.6 Å². The van der Waals surface area contributed by atoms with Crippen molar-refractivity contribution >= 4 is 52.4 Å². The summed E-state index contributed by atoms with van der Waals surface area (Å²) in [6.07, 6.45) is 4.24. The molecule has 2 aromatic heterocycles. The topological polar surface area (TPSA) is 207 Å². The largest absolute Gasteiger partial charge is 0.491 e. The van der Waals surface area contributed by atoms with E-state index in [2.05, 4.69) is 32.4 Å². The van der Waals surface area contributed by atoms with Crippen molar-refractivity contribution in [1.29, 1.82) is 0 Å². The van der Waals surface area contributed by atoms with Gasteiger partial charge in [-0.1, -0.05) is 38.4 Å². The summed E-state index contributed by atoms with van der Waals surface area (Å²) < 4.78 is 29.9. The molecule has 0 bridgehead atoms. The lowest BCUT2D eigenvalue weighted by molar-refractivity contribution is -0.146. The van der Waals surface area contributed by atoms with Crippen LogP contribution in [-0.4, -0.2) is 131 Å². The molecular weight excluding hydrogens is 834 g/mol. The molecule has 8 rings (SSSR count). The van der Waals surface area contributed by atoms with Gasteiger partial charge in [0.05, 0.1) is 31.0 Å². The highest BCUT2D eigenvalue weighted by Gasteiger charge is 2.61. The summed E-state index contributed by atoms with van der Waals surface area (Å²) in [5.74, 6) is -0.911. The molecule has 3 aliphatic carbocycles. The van der Waals surface area contributed by atoms with Gasteiger partial charge in [-0.2, -0.15) is 4.98 Å². The number of carbonyl (C=O) groups is 4. The number of nitrogens with zero attached hydrogens (tertiary/aromatic N) is 4. The van der Waals surface area contributed by atoms with Crippen LogP contribution in [0.25, 0.3) is 22.3 Å². The van der Waals surface area contributed by atoms with Gasteiger partial charge in [-0.15, -0.1) is 6.58 Å². The van der Waals surface area contributed by atoms with Crippen LogP contribution in [0, 0.1) is 23.2 Å². The number of carboxylic acids is 1. The average molecular weight is 892 g/mol. The number of amides is 3. The summed E-state index contributed by atoms with van der Waals surface area (Å²) >= 11 is 7.07. The third kappa shape index (κ3) is 9.70. The minimum absolute atomic E-state index is 0.000220. The van der Waals surface area contributed by atoms with E-state index in [1.165, 1.54) is 17.2 Å². The van der Waals surface area contributed by atoms with Gasteiger partial charge in [0.25, 0.3) is 6.01 Å². The van der Waals surface area contributed by atoms with Gasteiger partial charge in [0.15, 0.2) is 0 Å². The van der Waals surface area contributed by atoms with Crippen LogP contribution in [0.1, 0.15) is 66.7 Å². The van der Waals surface area contributed by atoms with E-state index in [9.17, 15) is 24.3 Å². The molecule has 17 nitrogen and oxygen atoms in total. The number of benzene rings is 1. The minimum atomic E-state index is -1.55. The fourth-order valence-electron chi connectivity index (χ4n) is 9.11. The third-order valence-electron chi connectivity index (χ3n) is 12.8. The van der Waals surface area contributed by atoms with Crippen LogP contribution in [0.5, 0.6) is 11.5 Å². The van der Waals surface area contributed by atoms with Crippen LogP contribution in [0.15, 0.2) is 41.5 Å². The molecule has 0 radical (unpaired) electrons. The second kappa shape index (κ2) is 17.8. The molecule has 340 valence electrons. The van der Waals surface area contributed by atoms with Crippen molar-refractivity contribution in [3.8, 4) is 22.9 Å². The smallest absolute Gasteiger partial charge is 0.408 e. The lowest BCUT2D eigenvalue weighted by Crippen LogP contribution is -2.59. The molecule has 3 unspecified atom stereocenters. The average Bonchev–Trinajstić information content (AvgIpc) is 3.91. The lowest BCUT2D eigenvalue weighted by atomic mass is 9.85. The Bertz CT molecular complexity index is 2230. The van der Waals surface area contributed by atoms with E-state index < -0.39 is 58.9 Å². The predicted octanol–water partition coefficient (Wildman–Crippen LogP) is 5.51. The number of hydrogen-bond donors (Lipinski definition) is 4. The van der Waals surface area contributed by atoms with Crippen molar-refractivity contribution in [2.75, 3.05) is 51.3 Å². The maximum Gasteiger partial charge on any atom is 0.408 e. The number of alkyl carbamates (subject to hydrolysis) is 1. The molecule has 1 aromatic carbocycles. The first-order chi connectivity index (χ1) is 30.0. The fraction of sp³-hybridized carbons (Fsp3) is 0.600. The maximum atomic E-state index is 14.8. The number of carboxylic acid groups (broad SMARTS) is 1. The van der Waals surface area contributed by atoms with Gasteiger partial charge < -0.3 is 49.3 Å². The van der Waals surface area contributed by atoms with Gasteiger partial charge in [0, 0.05) is 49.5 Å². The highest BCUT2D eigenvalue weighted by atomic mass is 35.5. The second-order valence-corrected chi connectivity index (χ2v) is 19.3. The first-order valence-corrected chi connectivity index (χ1v) is 22.3. The van der Waals surface area contributed by atoms with Crippen LogP contribution in [-0.2, 0) is 23.9 Å². The molecular formula is C45H58ClN7O10. The Kier molecular flexibility index (Phi) is 12.6. The van der Waals surface area contributed by atoms with Gasteiger partial charge in [0.2, 0.25) is 11.8 Å². The van der Waals surface area contributed by atoms with Gasteiger partial charge in [-0.3, -0.25) is 14.5 Å². The number of rotatable bonds is 16. The van der Waals surface area contributed by atoms with E-state index in [0.29, 0.717) is 78.0 Å². The summed E-state index contributed by atoms with van der Waals surface area (Å²) in [6.45, 7) is 17.1. The number of pyridine rings is 1. The molecule has 18 heteroatoms. The quantitative estimate of drug-likeness (QED) is 0.131. The molecule has 2 aliphatic heterocycles. The number of hydrogen-bond acceptors (Lipinski definition) is 13. The van der Waals surface area contributed by atoms with Gasteiger partial charge in [0.1, 0.15) is 64.9 Å². The summed E-state index contributed by atoms with van der Waals surface area (Å²) in [6, 6.07) is 3.35. The number of likely N-dealkylation sites (tertiary alicyclic amines) is 1. The maximum absolute atomic E-state index is 14.8. The number of aliphatic carboxylic acids is 1. The Balaban J connectivity index is 1.09. The highest BCUT2D eigenvalue weighted by molar-refractivity contribution is 6.36. The number of morpholine rings is 1. The van der Waals surface area contributed by atoms with Gasteiger partial charge >= 0.3 is 12.1 Å². The van der Waals surface area contributed by atoms with Crippen molar-refractivity contribution in [3.63, 3.8) is 0 Å². The number of aromatic nitrogens is 2. The number of anilines is 1. The number of halogens is 1. The number of carbonyl (C=O) groups excluding carboxylic acids is 3. The Labute approximate surface area is 371 Å². The number of ether oxygens (including phenoxy) is 4. The SMILES string of the molecule is C=C[C@@H]1CC1(NC(=O)[C@@H]1CC(Oc2cc(-c3coc(NC(C)C)n3)nc3c(Cl)c(OCCN4CCOCC4)ccc23)CN1C(=O)[C@@H](NC(=O)OC1C[C@@H]2C[C@@H]2C1)C(C)(C)C)C(=O)O. The van der Waals surface area contributed by atoms with E-state index in [1.807, 2.05) is 34.6 Å². The molecule has 2 saturated heterocycles. The zero-order valence-corrected chi connectivity index (χ0v) is 37.2. The molecule has 4 N–H and O–H groups in total.